The van der Waals surface area contributed by atoms with Crippen molar-refractivity contribution in [3.63, 3.8) is 0 Å². The lowest BCUT2D eigenvalue weighted by Crippen LogP contribution is -2.32. The highest BCUT2D eigenvalue weighted by Crippen LogP contribution is 2.10. The Kier molecular flexibility index (Phi) is 2.01. The summed E-state index contributed by atoms with van der Waals surface area (Å²) < 4.78 is 4.75. The Morgan fingerprint density at radius 2 is 2.40 bits per heavy atom. The monoisotopic (exact) mass is 144 g/mol. The molecular weight excluding hydrogens is 136 g/mol. The zero-order valence-corrected chi connectivity index (χ0v) is 5.37. The van der Waals surface area contributed by atoms with E-state index in [1.165, 1.54) is 0 Å². The molecule has 1 saturated heterocycles. The number of aliphatic carboxylic acids is 1. The van der Waals surface area contributed by atoms with Crippen molar-refractivity contribution >= 4 is 11.8 Å². The molecule has 1 aliphatic heterocycles. The van der Waals surface area contributed by atoms with E-state index in [0.29, 0.717) is 13.0 Å². The fourth-order valence-electron chi connectivity index (χ4n) is 0.897. The fraction of sp³-hybridized carbons (Fsp3) is 0.667. The number of carbonyl (C=O) groups excluding carboxylic acids is 1. The molecule has 0 spiro atoms. The molecule has 1 unspecified atom stereocenters. The minimum atomic E-state index is -1.03. The van der Waals surface area contributed by atoms with Crippen molar-refractivity contribution in [2.45, 2.75) is 6.42 Å². The highest BCUT2D eigenvalue weighted by Gasteiger charge is 2.28. The van der Waals surface area contributed by atoms with Gasteiger partial charge in [0.2, 0.25) is 0 Å². The third-order valence-electron chi connectivity index (χ3n) is 1.48. The fourth-order valence-corrected chi connectivity index (χ4v) is 0.897. The Bertz CT molecular complexity index is 163. The molecule has 0 amide bonds. The van der Waals surface area contributed by atoms with Crippen molar-refractivity contribution in [2.24, 2.45) is 5.92 Å². The van der Waals surface area contributed by atoms with Gasteiger partial charge in [0.1, 0.15) is 12.5 Å². The molecule has 1 atom stereocenters. The van der Waals surface area contributed by atoms with Gasteiger partial charge in [0.05, 0.1) is 0 Å². The number of carbonyl (C=O) groups is 2. The van der Waals surface area contributed by atoms with Crippen LogP contribution in [0.25, 0.3) is 0 Å². The van der Waals surface area contributed by atoms with Crippen molar-refractivity contribution in [3.05, 3.63) is 0 Å². The molecule has 1 rings (SSSR count). The number of Topliss-reactive ketones (excluding diaryl/α,β-unsaturated/α-hetero) is 1. The second-order valence-corrected chi connectivity index (χ2v) is 2.20. The van der Waals surface area contributed by atoms with Gasteiger partial charge in [-0.15, -0.1) is 0 Å². The third-order valence-corrected chi connectivity index (χ3v) is 1.48. The van der Waals surface area contributed by atoms with Crippen LogP contribution in [0.2, 0.25) is 0 Å². The molecule has 56 valence electrons. The summed E-state index contributed by atoms with van der Waals surface area (Å²) in [6, 6.07) is 0. The maximum Gasteiger partial charge on any atom is 0.314 e. The van der Waals surface area contributed by atoms with Gasteiger partial charge < -0.3 is 9.84 Å². The number of carboxylic acids is 1. The molecule has 0 radical (unpaired) electrons. The second-order valence-electron chi connectivity index (χ2n) is 2.20. The van der Waals surface area contributed by atoms with E-state index in [-0.39, 0.29) is 12.4 Å². The first kappa shape index (κ1) is 7.21. The highest BCUT2D eigenvalue weighted by molar-refractivity contribution is 5.99. The summed E-state index contributed by atoms with van der Waals surface area (Å²) in [5.41, 5.74) is 0. The van der Waals surface area contributed by atoms with Crippen molar-refractivity contribution in [1.82, 2.24) is 0 Å². The number of ether oxygens (including phenoxy) is 1. The van der Waals surface area contributed by atoms with Crippen LogP contribution in [0.4, 0.5) is 0 Å². The second kappa shape index (κ2) is 2.79. The molecule has 1 fully saturated rings. The summed E-state index contributed by atoms with van der Waals surface area (Å²) >= 11 is 0. The summed E-state index contributed by atoms with van der Waals surface area (Å²) in [6.45, 7) is 0.333. The molecule has 10 heavy (non-hydrogen) atoms. The van der Waals surface area contributed by atoms with Gasteiger partial charge in [-0.1, -0.05) is 0 Å². The van der Waals surface area contributed by atoms with Crippen molar-refractivity contribution in [1.29, 1.82) is 0 Å². The molecule has 0 aliphatic carbocycles. The first-order valence-corrected chi connectivity index (χ1v) is 3.05. The SMILES string of the molecule is O=C(O)C1CCOCC1=O. The summed E-state index contributed by atoms with van der Waals surface area (Å²) in [5, 5.41) is 8.43. The van der Waals surface area contributed by atoms with Gasteiger partial charge in [-0.3, -0.25) is 9.59 Å². The number of hydrogen-bond donors (Lipinski definition) is 1. The molecule has 0 saturated carbocycles. The average Bonchev–Trinajstić information content (AvgIpc) is 1.88. The highest BCUT2D eigenvalue weighted by atomic mass is 16.5. The minimum absolute atomic E-state index is 0.0447. The molecule has 0 aromatic carbocycles. The molecular formula is C6H8O4. The first-order chi connectivity index (χ1) is 4.72. The molecule has 0 aromatic heterocycles. The molecule has 4 heteroatoms. The Balaban J connectivity index is 2.56. The van der Waals surface area contributed by atoms with E-state index in [9.17, 15) is 9.59 Å². The Morgan fingerprint density at radius 1 is 1.70 bits per heavy atom. The number of hydrogen-bond acceptors (Lipinski definition) is 3. The third kappa shape index (κ3) is 1.33. The van der Waals surface area contributed by atoms with Crippen LogP contribution in [0.1, 0.15) is 6.42 Å². The van der Waals surface area contributed by atoms with Gasteiger partial charge in [0.15, 0.2) is 5.78 Å². The summed E-state index contributed by atoms with van der Waals surface area (Å²) in [6.07, 6.45) is 0.314. The van der Waals surface area contributed by atoms with Crippen LogP contribution in [0.15, 0.2) is 0 Å². The normalized spacial score (nSPS) is 26.4. The van der Waals surface area contributed by atoms with E-state index >= 15 is 0 Å². The smallest absolute Gasteiger partial charge is 0.314 e. The number of ketones is 1. The van der Waals surface area contributed by atoms with E-state index in [1.54, 1.807) is 0 Å². The molecule has 0 bridgehead atoms. The standard InChI is InChI=1S/C6H8O4/c7-5-3-10-2-1-4(5)6(8)9/h4H,1-3H2,(H,8,9). The van der Waals surface area contributed by atoms with E-state index in [2.05, 4.69) is 0 Å². The molecule has 1 aliphatic rings. The Labute approximate surface area is 57.8 Å². The lowest BCUT2D eigenvalue weighted by molar-refractivity contribution is -0.151. The van der Waals surface area contributed by atoms with Crippen LogP contribution in [0, 0.1) is 5.92 Å². The lowest BCUT2D eigenvalue weighted by Gasteiger charge is -2.16. The lowest BCUT2D eigenvalue weighted by atomic mass is 10.00. The van der Waals surface area contributed by atoms with Crippen molar-refractivity contribution in [2.75, 3.05) is 13.2 Å². The van der Waals surface area contributed by atoms with Crippen LogP contribution in [-0.4, -0.2) is 30.1 Å². The Hall–Kier alpha value is -0.900. The number of carboxylic acid groups (broad SMARTS) is 1. The zero-order chi connectivity index (χ0) is 7.56. The van der Waals surface area contributed by atoms with Gasteiger partial charge in [-0.05, 0) is 6.42 Å². The summed E-state index contributed by atoms with van der Waals surface area (Å²) in [4.78, 5) is 21.0. The molecule has 1 heterocycles. The Morgan fingerprint density at radius 3 is 2.80 bits per heavy atom. The van der Waals surface area contributed by atoms with E-state index in [4.69, 9.17) is 9.84 Å². The summed E-state index contributed by atoms with van der Waals surface area (Å²) in [5.74, 6) is -2.18. The topological polar surface area (TPSA) is 63.6 Å². The van der Waals surface area contributed by atoms with E-state index < -0.39 is 11.9 Å². The van der Waals surface area contributed by atoms with Crippen molar-refractivity contribution in [3.8, 4) is 0 Å². The van der Waals surface area contributed by atoms with Crippen LogP contribution in [-0.2, 0) is 14.3 Å². The maximum absolute atomic E-state index is 10.7. The zero-order valence-electron chi connectivity index (χ0n) is 5.37. The molecule has 0 aromatic rings. The average molecular weight is 144 g/mol. The number of rotatable bonds is 1. The van der Waals surface area contributed by atoms with Crippen LogP contribution in [0.5, 0.6) is 0 Å². The molecule has 4 nitrogen and oxygen atoms in total. The van der Waals surface area contributed by atoms with Gasteiger partial charge in [0, 0.05) is 6.61 Å². The quantitative estimate of drug-likeness (QED) is 0.512. The van der Waals surface area contributed by atoms with Gasteiger partial charge in [-0.2, -0.15) is 0 Å². The minimum Gasteiger partial charge on any atom is -0.481 e. The van der Waals surface area contributed by atoms with E-state index in [1.807, 2.05) is 0 Å². The maximum atomic E-state index is 10.7. The van der Waals surface area contributed by atoms with E-state index in [0.717, 1.165) is 0 Å². The van der Waals surface area contributed by atoms with Gasteiger partial charge in [-0.25, -0.2) is 0 Å². The molecule has 1 N–H and O–H groups in total. The first-order valence-electron chi connectivity index (χ1n) is 3.05. The predicted molar refractivity (Wildman–Crippen MR) is 31.6 cm³/mol. The van der Waals surface area contributed by atoms with Crippen LogP contribution >= 0.6 is 0 Å². The van der Waals surface area contributed by atoms with Gasteiger partial charge >= 0.3 is 5.97 Å². The van der Waals surface area contributed by atoms with Gasteiger partial charge in [0.25, 0.3) is 0 Å². The van der Waals surface area contributed by atoms with Crippen LogP contribution in [0.3, 0.4) is 0 Å². The van der Waals surface area contributed by atoms with Crippen molar-refractivity contribution < 1.29 is 19.4 Å². The summed E-state index contributed by atoms with van der Waals surface area (Å²) in [7, 11) is 0. The predicted octanol–water partition coefficient (Wildman–Crippen LogP) is -0.323. The largest absolute Gasteiger partial charge is 0.481 e. The van der Waals surface area contributed by atoms with Crippen LogP contribution < -0.4 is 0 Å².